The Morgan fingerprint density at radius 1 is 1.25 bits per heavy atom. The first kappa shape index (κ1) is 14.3. The fourth-order valence-corrected chi connectivity index (χ4v) is 1.01. The van der Waals surface area contributed by atoms with Crippen molar-refractivity contribution in [3.63, 3.8) is 0 Å². The van der Waals surface area contributed by atoms with Crippen LogP contribution < -0.4 is 0 Å². The van der Waals surface area contributed by atoms with Crippen molar-refractivity contribution in [1.29, 1.82) is 0 Å². The summed E-state index contributed by atoms with van der Waals surface area (Å²) in [6, 6.07) is 7.78. The van der Waals surface area contributed by atoms with Gasteiger partial charge in [-0.05, 0) is 0 Å². The normalized spacial score (nSPS) is 9.42. The van der Waals surface area contributed by atoms with Crippen molar-refractivity contribution in [1.82, 2.24) is 0 Å². The van der Waals surface area contributed by atoms with Gasteiger partial charge in [0.1, 0.15) is 10.1 Å². The molecular formula is C7H7O3SW-. The summed E-state index contributed by atoms with van der Waals surface area (Å²) in [5.41, 5.74) is 0. The van der Waals surface area contributed by atoms with Crippen LogP contribution in [0, 0.1) is 13.5 Å². The topological polar surface area (TPSA) is 57.2 Å². The fourth-order valence-electron chi connectivity index (χ4n) is 0.538. The molecule has 0 aliphatic rings. The summed E-state index contributed by atoms with van der Waals surface area (Å²) in [4.78, 5) is -0.216. The first-order chi connectivity index (χ1) is 4.61. The molecule has 0 atom stereocenters. The van der Waals surface area contributed by atoms with E-state index in [9.17, 15) is 13.0 Å². The molecule has 0 heterocycles. The van der Waals surface area contributed by atoms with Crippen molar-refractivity contribution in [3.05, 3.63) is 37.8 Å². The second-order valence-corrected chi connectivity index (χ2v) is 3.07. The van der Waals surface area contributed by atoms with E-state index in [4.69, 9.17) is 0 Å². The summed E-state index contributed by atoms with van der Waals surface area (Å²) in [5.74, 6) is 0. The molecule has 5 heteroatoms. The summed E-state index contributed by atoms with van der Waals surface area (Å²) in [6.45, 7) is 0. The molecule has 0 unspecified atom stereocenters. The minimum atomic E-state index is -4.27. The Bertz CT molecular complexity index is 307. The van der Waals surface area contributed by atoms with Gasteiger partial charge in [-0.1, -0.05) is 4.90 Å². The largest absolute Gasteiger partial charge is 2.00 e. The van der Waals surface area contributed by atoms with E-state index in [0.717, 1.165) is 0 Å². The molecule has 0 aliphatic heterocycles. The van der Waals surface area contributed by atoms with E-state index < -0.39 is 10.1 Å². The minimum Gasteiger partial charge on any atom is -0.746 e. The van der Waals surface area contributed by atoms with Crippen LogP contribution in [0.4, 0.5) is 0 Å². The molecule has 0 aromatic heterocycles. The first-order valence-electron chi connectivity index (χ1n) is 2.53. The van der Waals surface area contributed by atoms with Gasteiger partial charge in [-0.15, -0.1) is 0 Å². The van der Waals surface area contributed by atoms with Crippen molar-refractivity contribution >= 4 is 10.1 Å². The van der Waals surface area contributed by atoms with Crippen LogP contribution in [0.15, 0.2) is 29.2 Å². The molecule has 3 nitrogen and oxygen atoms in total. The molecule has 0 saturated carbocycles. The smallest absolute Gasteiger partial charge is 0.746 e. The third-order valence-electron chi connectivity index (χ3n) is 0.976. The number of hydrogen-bond acceptors (Lipinski definition) is 3. The van der Waals surface area contributed by atoms with Gasteiger partial charge in [0.2, 0.25) is 0 Å². The van der Waals surface area contributed by atoms with Crippen LogP contribution >= 0.6 is 0 Å². The molecule has 0 saturated heterocycles. The number of hydrogen-bond donors (Lipinski definition) is 0. The van der Waals surface area contributed by atoms with Gasteiger partial charge in [-0.2, -0.15) is 30.3 Å². The van der Waals surface area contributed by atoms with Crippen LogP contribution in [0.1, 0.15) is 0 Å². The van der Waals surface area contributed by atoms with Crippen molar-refractivity contribution in [2.24, 2.45) is 0 Å². The second-order valence-electron chi connectivity index (χ2n) is 1.69. The van der Waals surface area contributed by atoms with Crippen LogP contribution in [0.25, 0.3) is 0 Å². The van der Waals surface area contributed by atoms with Crippen molar-refractivity contribution in [2.45, 2.75) is 4.90 Å². The van der Waals surface area contributed by atoms with Gasteiger partial charge in [-0.25, -0.2) is 8.42 Å². The summed E-state index contributed by atoms with van der Waals surface area (Å²) in [6.07, 6.45) is 0. The average Bonchev–Trinajstić information content (AvgIpc) is 1.88. The van der Waals surface area contributed by atoms with Gasteiger partial charge < -0.3 is 12.0 Å². The third-order valence-corrected chi connectivity index (χ3v) is 1.83. The first-order valence-corrected chi connectivity index (χ1v) is 3.93. The van der Waals surface area contributed by atoms with Gasteiger partial charge in [0, 0.05) is 0 Å². The second kappa shape index (κ2) is 5.46. The average molecular weight is 355 g/mol. The maximum Gasteiger partial charge on any atom is 2.00 e. The third kappa shape index (κ3) is 4.00. The predicted octanol–water partition coefficient (Wildman–Crippen LogP) is 0.839. The molecule has 1 aromatic rings. The Labute approximate surface area is 86.8 Å². The zero-order valence-corrected chi connectivity index (χ0v) is 10.1. The Balaban J connectivity index is 0. The number of benzene rings is 1. The van der Waals surface area contributed by atoms with E-state index in [-0.39, 0.29) is 33.4 Å². The molecule has 0 spiro atoms. The fraction of sp³-hybridized carbons (Fsp3) is 0. The van der Waals surface area contributed by atoms with Crippen LogP contribution in [0.3, 0.4) is 0 Å². The molecular weight excluding hydrogens is 348 g/mol. The molecule has 12 heavy (non-hydrogen) atoms. The van der Waals surface area contributed by atoms with Crippen molar-refractivity contribution in [3.8, 4) is 0 Å². The maximum atomic E-state index is 10.3. The van der Waals surface area contributed by atoms with Gasteiger partial charge in [-0.3, -0.25) is 0 Å². The maximum absolute atomic E-state index is 10.3. The Kier molecular flexibility index (Phi) is 6.53. The van der Waals surface area contributed by atoms with E-state index in [0.29, 0.717) is 0 Å². The zero-order chi connectivity index (χ0) is 7.61. The minimum absolute atomic E-state index is 0. The quantitative estimate of drug-likeness (QED) is 0.554. The molecule has 0 fully saturated rings. The standard InChI is InChI=1S/C6H5O3S.CH3.W/c7-10(8,9)6-4-2-1-3-5-6;;/h2-5H,(H,7,8,9);1H3;/q2*-1;+2/p-1. The van der Waals surface area contributed by atoms with Gasteiger partial charge in [0.15, 0.2) is 0 Å². The summed E-state index contributed by atoms with van der Waals surface area (Å²) >= 11 is 0. The van der Waals surface area contributed by atoms with E-state index in [2.05, 4.69) is 6.07 Å². The van der Waals surface area contributed by atoms with E-state index in [1.54, 1.807) is 0 Å². The summed E-state index contributed by atoms with van der Waals surface area (Å²) < 4.78 is 30.8. The van der Waals surface area contributed by atoms with Crippen LogP contribution in [0.5, 0.6) is 0 Å². The Hall–Kier alpha value is -0.182. The van der Waals surface area contributed by atoms with Crippen molar-refractivity contribution in [2.75, 3.05) is 0 Å². The Morgan fingerprint density at radius 2 is 1.67 bits per heavy atom. The SMILES string of the molecule is O=S(=O)([O-])c1cc[c-]cc1.[CH3-].[W+2]. The Morgan fingerprint density at radius 3 is 1.92 bits per heavy atom. The monoisotopic (exact) mass is 355 g/mol. The molecule has 1 aromatic carbocycles. The summed E-state index contributed by atoms with van der Waals surface area (Å²) in [7, 11) is -4.27. The van der Waals surface area contributed by atoms with Crippen molar-refractivity contribution < 1.29 is 34.0 Å². The van der Waals surface area contributed by atoms with E-state index >= 15 is 0 Å². The van der Waals surface area contributed by atoms with Gasteiger partial charge >= 0.3 is 21.1 Å². The molecule has 0 N–H and O–H groups in total. The van der Waals surface area contributed by atoms with Crippen LogP contribution in [0.2, 0.25) is 0 Å². The predicted molar refractivity (Wildman–Crippen MR) is 39.7 cm³/mol. The molecule has 0 amide bonds. The van der Waals surface area contributed by atoms with Gasteiger partial charge in [0.05, 0.1) is 0 Å². The molecule has 66 valence electrons. The molecule has 0 aliphatic carbocycles. The molecule has 0 bridgehead atoms. The number of rotatable bonds is 1. The summed E-state index contributed by atoms with van der Waals surface area (Å²) in [5, 5.41) is 0. The van der Waals surface area contributed by atoms with Crippen LogP contribution in [-0.4, -0.2) is 13.0 Å². The van der Waals surface area contributed by atoms with Crippen LogP contribution in [-0.2, 0) is 31.2 Å². The van der Waals surface area contributed by atoms with E-state index in [1.807, 2.05) is 0 Å². The molecule has 0 radical (unpaired) electrons. The van der Waals surface area contributed by atoms with Gasteiger partial charge in [0.25, 0.3) is 0 Å². The van der Waals surface area contributed by atoms with E-state index in [1.165, 1.54) is 24.3 Å². The molecule has 1 rings (SSSR count). The zero-order valence-electron chi connectivity index (χ0n) is 6.35.